The molecule has 0 fully saturated rings. The van der Waals surface area contributed by atoms with Crippen molar-refractivity contribution in [1.82, 2.24) is 9.55 Å². The Morgan fingerprint density at radius 1 is 1.17 bits per heavy atom. The predicted molar refractivity (Wildman–Crippen MR) is 116 cm³/mol. The first-order valence-corrected chi connectivity index (χ1v) is 10.4. The largest absolute Gasteiger partial charge is 0.467 e. The highest BCUT2D eigenvalue weighted by Gasteiger charge is 2.16. The predicted octanol–water partition coefficient (Wildman–Crippen LogP) is 5.36. The number of hydrogen-bond acceptors (Lipinski definition) is 4. The zero-order chi connectivity index (χ0) is 20.4. The Balaban J connectivity index is 1.47. The number of amides is 1. The molecule has 3 aromatic heterocycles. The number of nitrogens with one attached hydrogen (secondary N) is 1. The number of aromatic nitrogens is 2. The Morgan fingerprint density at radius 2 is 1.97 bits per heavy atom. The third-order valence-electron chi connectivity index (χ3n) is 4.94. The second-order valence-electron chi connectivity index (χ2n) is 7.17. The second kappa shape index (κ2) is 8.09. The van der Waals surface area contributed by atoms with Gasteiger partial charge in [0, 0.05) is 28.0 Å². The zero-order valence-electron chi connectivity index (χ0n) is 16.7. The van der Waals surface area contributed by atoms with Gasteiger partial charge in [-0.2, -0.15) is 0 Å². The third-order valence-corrected chi connectivity index (χ3v) is 5.79. The average molecular weight is 406 g/mol. The minimum Gasteiger partial charge on any atom is -0.467 e. The number of furan rings is 1. The lowest BCUT2D eigenvalue weighted by molar-refractivity contribution is -0.115. The van der Waals surface area contributed by atoms with Gasteiger partial charge in [0.2, 0.25) is 5.91 Å². The molecule has 0 saturated carbocycles. The number of benzene rings is 1. The first-order valence-electron chi connectivity index (χ1n) is 9.50. The minimum atomic E-state index is -0.0574. The first-order chi connectivity index (χ1) is 14.0. The highest BCUT2D eigenvalue weighted by Crippen LogP contribution is 2.29. The number of anilines is 1. The standard InChI is InChI=1S/C23H23N3O2S/c1-15-6-8-18(9-7-15)24-22(27)12-23-25-21(14-29-23)20-11-16(2)26(17(20)3)13-19-5-4-10-28-19/h4-11,14H,12-13H2,1-3H3,(H,24,27). The highest BCUT2D eigenvalue weighted by atomic mass is 32.1. The summed E-state index contributed by atoms with van der Waals surface area (Å²) in [7, 11) is 0. The third kappa shape index (κ3) is 4.32. The molecule has 0 aliphatic heterocycles. The number of rotatable bonds is 6. The summed E-state index contributed by atoms with van der Waals surface area (Å²) >= 11 is 1.52. The monoisotopic (exact) mass is 405 g/mol. The summed E-state index contributed by atoms with van der Waals surface area (Å²) in [5, 5.41) is 5.76. The van der Waals surface area contributed by atoms with Crippen molar-refractivity contribution in [1.29, 1.82) is 0 Å². The molecule has 3 heterocycles. The maximum Gasteiger partial charge on any atom is 0.231 e. The Morgan fingerprint density at radius 3 is 2.69 bits per heavy atom. The number of thiazole rings is 1. The van der Waals surface area contributed by atoms with Crippen molar-refractivity contribution in [3.63, 3.8) is 0 Å². The van der Waals surface area contributed by atoms with Crippen LogP contribution in [-0.2, 0) is 17.8 Å². The molecule has 0 spiro atoms. The molecule has 0 aliphatic rings. The molecular formula is C23H23N3O2S. The van der Waals surface area contributed by atoms with Gasteiger partial charge in [-0.25, -0.2) is 4.98 Å². The quantitative estimate of drug-likeness (QED) is 0.470. The average Bonchev–Trinajstić information content (AvgIpc) is 3.42. The summed E-state index contributed by atoms with van der Waals surface area (Å²) in [6, 6.07) is 13.8. The molecule has 1 amide bonds. The van der Waals surface area contributed by atoms with Crippen molar-refractivity contribution in [3.05, 3.63) is 81.8 Å². The van der Waals surface area contributed by atoms with E-state index in [1.54, 1.807) is 6.26 Å². The SMILES string of the molecule is Cc1ccc(NC(=O)Cc2nc(-c3cc(C)n(Cc4ccco4)c3C)cs2)cc1. The Kier molecular flexibility index (Phi) is 5.36. The van der Waals surface area contributed by atoms with Crippen molar-refractivity contribution in [2.24, 2.45) is 0 Å². The number of aryl methyl sites for hydroxylation is 2. The molecule has 0 unspecified atom stereocenters. The van der Waals surface area contributed by atoms with Crippen LogP contribution in [0.1, 0.15) is 27.7 Å². The van der Waals surface area contributed by atoms with Crippen LogP contribution in [0.5, 0.6) is 0 Å². The Hall–Kier alpha value is -3.12. The fourth-order valence-corrected chi connectivity index (χ4v) is 4.15. The molecule has 29 heavy (non-hydrogen) atoms. The summed E-state index contributed by atoms with van der Waals surface area (Å²) in [6.45, 7) is 6.89. The Labute approximate surface area is 174 Å². The van der Waals surface area contributed by atoms with Crippen LogP contribution in [0.4, 0.5) is 5.69 Å². The van der Waals surface area contributed by atoms with Crippen LogP contribution in [0.2, 0.25) is 0 Å². The molecule has 1 N–H and O–H groups in total. The molecule has 4 rings (SSSR count). The van der Waals surface area contributed by atoms with Gasteiger partial charge in [-0.05, 0) is 51.1 Å². The van der Waals surface area contributed by atoms with Gasteiger partial charge < -0.3 is 14.3 Å². The van der Waals surface area contributed by atoms with Gasteiger partial charge in [0.15, 0.2) is 0 Å². The molecule has 0 aliphatic carbocycles. The topological polar surface area (TPSA) is 60.1 Å². The normalized spacial score (nSPS) is 11.0. The molecule has 0 bridgehead atoms. The Bertz CT molecular complexity index is 1120. The van der Waals surface area contributed by atoms with Gasteiger partial charge >= 0.3 is 0 Å². The maximum absolute atomic E-state index is 12.4. The molecule has 1 aromatic carbocycles. The number of carbonyl (C=O) groups excluding carboxylic acids is 1. The molecule has 6 heteroatoms. The number of hydrogen-bond donors (Lipinski definition) is 1. The van der Waals surface area contributed by atoms with Crippen molar-refractivity contribution in [2.45, 2.75) is 33.7 Å². The van der Waals surface area contributed by atoms with Crippen LogP contribution in [0.25, 0.3) is 11.3 Å². The van der Waals surface area contributed by atoms with E-state index in [0.717, 1.165) is 44.7 Å². The summed E-state index contributed by atoms with van der Waals surface area (Å²) in [5.74, 6) is 0.864. The molecule has 5 nitrogen and oxygen atoms in total. The maximum atomic E-state index is 12.4. The van der Waals surface area contributed by atoms with Gasteiger partial charge in [0.25, 0.3) is 0 Å². The molecule has 148 valence electrons. The first kappa shape index (κ1) is 19.2. The van der Waals surface area contributed by atoms with E-state index in [1.807, 2.05) is 48.7 Å². The summed E-state index contributed by atoms with van der Waals surface area (Å²) < 4.78 is 7.71. The van der Waals surface area contributed by atoms with Gasteiger partial charge in [-0.15, -0.1) is 11.3 Å². The molecule has 4 aromatic rings. The fraction of sp³-hybridized carbons (Fsp3) is 0.217. The van der Waals surface area contributed by atoms with E-state index in [4.69, 9.17) is 9.40 Å². The van der Waals surface area contributed by atoms with E-state index in [9.17, 15) is 4.79 Å². The lowest BCUT2D eigenvalue weighted by atomic mass is 10.2. The van der Waals surface area contributed by atoms with Gasteiger partial charge in [-0.1, -0.05) is 17.7 Å². The summed E-state index contributed by atoms with van der Waals surface area (Å²) in [6.07, 6.45) is 1.96. The molecule has 0 atom stereocenters. The number of carbonyl (C=O) groups is 1. The lowest BCUT2D eigenvalue weighted by Crippen LogP contribution is -2.14. The van der Waals surface area contributed by atoms with Crippen LogP contribution in [-0.4, -0.2) is 15.5 Å². The van der Waals surface area contributed by atoms with Crippen molar-refractivity contribution >= 4 is 22.9 Å². The van der Waals surface area contributed by atoms with E-state index in [0.29, 0.717) is 6.54 Å². The van der Waals surface area contributed by atoms with Crippen LogP contribution < -0.4 is 5.32 Å². The summed E-state index contributed by atoms with van der Waals surface area (Å²) in [5.41, 5.74) is 6.26. The van der Waals surface area contributed by atoms with Gasteiger partial charge in [0.1, 0.15) is 10.8 Å². The second-order valence-corrected chi connectivity index (χ2v) is 8.11. The molecular weight excluding hydrogens is 382 g/mol. The number of nitrogens with zero attached hydrogens (tertiary/aromatic N) is 2. The van der Waals surface area contributed by atoms with E-state index in [-0.39, 0.29) is 12.3 Å². The van der Waals surface area contributed by atoms with E-state index < -0.39 is 0 Å². The minimum absolute atomic E-state index is 0.0574. The van der Waals surface area contributed by atoms with Crippen LogP contribution in [0, 0.1) is 20.8 Å². The molecule has 0 radical (unpaired) electrons. The smallest absolute Gasteiger partial charge is 0.231 e. The highest BCUT2D eigenvalue weighted by molar-refractivity contribution is 7.10. The van der Waals surface area contributed by atoms with E-state index >= 15 is 0 Å². The van der Waals surface area contributed by atoms with Gasteiger partial charge in [-0.3, -0.25) is 4.79 Å². The van der Waals surface area contributed by atoms with Crippen LogP contribution in [0.3, 0.4) is 0 Å². The van der Waals surface area contributed by atoms with Crippen molar-refractivity contribution < 1.29 is 9.21 Å². The lowest BCUT2D eigenvalue weighted by Gasteiger charge is -2.07. The van der Waals surface area contributed by atoms with Crippen LogP contribution >= 0.6 is 11.3 Å². The van der Waals surface area contributed by atoms with Crippen molar-refractivity contribution in [3.8, 4) is 11.3 Å². The summed E-state index contributed by atoms with van der Waals surface area (Å²) in [4.78, 5) is 17.1. The van der Waals surface area contributed by atoms with Crippen molar-refractivity contribution in [2.75, 3.05) is 5.32 Å². The van der Waals surface area contributed by atoms with Crippen LogP contribution in [0.15, 0.2) is 58.5 Å². The molecule has 0 saturated heterocycles. The van der Waals surface area contributed by atoms with E-state index in [2.05, 4.69) is 29.8 Å². The fourth-order valence-electron chi connectivity index (χ4n) is 3.36. The zero-order valence-corrected chi connectivity index (χ0v) is 17.5. The van der Waals surface area contributed by atoms with Gasteiger partial charge in [0.05, 0.1) is 24.9 Å². The van der Waals surface area contributed by atoms with E-state index in [1.165, 1.54) is 11.3 Å².